The summed E-state index contributed by atoms with van der Waals surface area (Å²) in [5, 5.41) is 2.84. The van der Waals surface area contributed by atoms with Gasteiger partial charge in [-0.05, 0) is 30.2 Å². The fourth-order valence-corrected chi connectivity index (χ4v) is 3.64. The van der Waals surface area contributed by atoms with Crippen molar-refractivity contribution in [2.75, 3.05) is 19.5 Å². The summed E-state index contributed by atoms with van der Waals surface area (Å²) >= 11 is 1.61. The van der Waals surface area contributed by atoms with Crippen LogP contribution in [-0.2, 0) is 11.2 Å². The van der Waals surface area contributed by atoms with Crippen LogP contribution in [0.5, 0.6) is 11.5 Å². The van der Waals surface area contributed by atoms with Gasteiger partial charge in [-0.25, -0.2) is 0 Å². The van der Waals surface area contributed by atoms with Gasteiger partial charge in [0.25, 0.3) is 0 Å². The molecule has 2 aromatic carbocycles. The highest BCUT2D eigenvalue weighted by Crippen LogP contribution is 2.38. The molecule has 5 heteroatoms. The number of hydrogen-bond acceptors (Lipinski definition) is 4. The van der Waals surface area contributed by atoms with Crippen LogP contribution in [0.25, 0.3) is 0 Å². The standard InChI is InChI=1S/C17H17NO3S/c1-20-12-7-8-13(14(10-12)21-2)18-17(19)16-9-11-5-3-4-6-15(11)22-16/h3-8,10,16H,9H2,1-2H3,(H,18,19)/t16-/m0/s1. The molecule has 1 aliphatic heterocycles. The maximum Gasteiger partial charge on any atom is 0.238 e. The number of hydrogen-bond donors (Lipinski definition) is 1. The van der Waals surface area contributed by atoms with E-state index in [2.05, 4.69) is 17.4 Å². The number of ether oxygens (including phenoxy) is 2. The Morgan fingerprint density at radius 2 is 2.00 bits per heavy atom. The van der Waals surface area contributed by atoms with Crippen molar-refractivity contribution in [3.63, 3.8) is 0 Å². The molecular formula is C17H17NO3S. The van der Waals surface area contributed by atoms with Crippen LogP contribution in [0.2, 0.25) is 0 Å². The summed E-state index contributed by atoms with van der Waals surface area (Å²) in [6.07, 6.45) is 0.755. The average molecular weight is 315 g/mol. The zero-order valence-electron chi connectivity index (χ0n) is 12.5. The number of rotatable bonds is 4. The quantitative estimate of drug-likeness (QED) is 0.940. The highest BCUT2D eigenvalue weighted by atomic mass is 32.2. The summed E-state index contributed by atoms with van der Waals surface area (Å²) in [4.78, 5) is 13.7. The zero-order chi connectivity index (χ0) is 15.5. The number of fused-ring (bicyclic) bond motifs is 1. The normalized spacial score (nSPS) is 16.0. The van der Waals surface area contributed by atoms with Crippen LogP contribution in [0.1, 0.15) is 5.56 Å². The van der Waals surface area contributed by atoms with Crippen molar-refractivity contribution in [3.05, 3.63) is 48.0 Å². The van der Waals surface area contributed by atoms with Gasteiger partial charge in [0.15, 0.2) is 0 Å². The summed E-state index contributed by atoms with van der Waals surface area (Å²) in [5.74, 6) is 1.27. The number of carbonyl (C=O) groups excluding carboxylic acids is 1. The van der Waals surface area contributed by atoms with E-state index in [4.69, 9.17) is 9.47 Å². The lowest BCUT2D eigenvalue weighted by Gasteiger charge is -2.14. The molecule has 0 saturated carbocycles. The Kier molecular flexibility index (Phi) is 4.24. The fourth-order valence-electron chi connectivity index (χ4n) is 2.44. The summed E-state index contributed by atoms with van der Waals surface area (Å²) in [7, 11) is 3.17. The number of benzene rings is 2. The van der Waals surface area contributed by atoms with Crippen molar-refractivity contribution < 1.29 is 14.3 Å². The van der Waals surface area contributed by atoms with Crippen LogP contribution < -0.4 is 14.8 Å². The van der Waals surface area contributed by atoms with Crippen LogP contribution in [0, 0.1) is 0 Å². The average Bonchev–Trinajstić information content (AvgIpc) is 2.99. The van der Waals surface area contributed by atoms with Gasteiger partial charge in [-0.15, -0.1) is 11.8 Å². The SMILES string of the molecule is COc1ccc(NC(=O)[C@@H]2Cc3ccccc3S2)c(OC)c1. The molecule has 0 bridgehead atoms. The summed E-state index contributed by atoms with van der Waals surface area (Å²) in [5.41, 5.74) is 1.89. The van der Waals surface area contributed by atoms with E-state index in [9.17, 15) is 4.79 Å². The molecule has 1 amide bonds. The number of amides is 1. The first-order valence-corrected chi connectivity index (χ1v) is 7.86. The van der Waals surface area contributed by atoms with E-state index in [1.165, 1.54) is 10.5 Å². The summed E-state index contributed by atoms with van der Waals surface area (Å²) < 4.78 is 10.5. The lowest BCUT2D eigenvalue weighted by molar-refractivity contribution is -0.115. The molecule has 2 aromatic rings. The van der Waals surface area contributed by atoms with Crippen LogP contribution in [-0.4, -0.2) is 25.4 Å². The Bertz CT molecular complexity index is 677. The van der Waals surface area contributed by atoms with Gasteiger partial charge in [0.1, 0.15) is 11.5 Å². The van der Waals surface area contributed by atoms with Crippen LogP contribution in [0.15, 0.2) is 47.4 Å². The third-order valence-electron chi connectivity index (χ3n) is 3.61. The van der Waals surface area contributed by atoms with Gasteiger partial charge in [0, 0.05) is 11.0 Å². The van der Waals surface area contributed by atoms with Crippen LogP contribution in [0.4, 0.5) is 5.69 Å². The highest BCUT2D eigenvalue weighted by molar-refractivity contribution is 8.01. The van der Waals surface area contributed by atoms with E-state index < -0.39 is 0 Å². The second-order valence-electron chi connectivity index (χ2n) is 4.97. The molecule has 4 nitrogen and oxygen atoms in total. The lowest BCUT2D eigenvalue weighted by atomic mass is 10.1. The molecule has 0 aromatic heterocycles. The van der Waals surface area contributed by atoms with Crippen molar-refractivity contribution in [3.8, 4) is 11.5 Å². The summed E-state index contributed by atoms with van der Waals surface area (Å²) in [6, 6.07) is 13.5. The minimum Gasteiger partial charge on any atom is -0.497 e. The molecule has 0 unspecified atom stereocenters. The predicted molar refractivity (Wildman–Crippen MR) is 88.0 cm³/mol. The minimum absolute atomic E-state index is 0.00957. The maximum absolute atomic E-state index is 12.5. The van der Waals surface area contributed by atoms with E-state index in [0.29, 0.717) is 17.2 Å². The van der Waals surface area contributed by atoms with Gasteiger partial charge in [0.2, 0.25) is 5.91 Å². The van der Waals surface area contributed by atoms with E-state index in [1.54, 1.807) is 44.2 Å². The molecule has 1 N–H and O–H groups in total. The first kappa shape index (κ1) is 14.8. The monoisotopic (exact) mass is 315 g/mol. The van der Waals surface area contributed by atoms with Crippen LogP contribution >= 0.6 is 11.8 Å². The number of carbonyl (C=O) groups is 1. The van der Waals surface area contributed by atoms with Gasteiger partial charge >= 0.3 is 0 Å². The number of methoxy groups -OCH3 is 2. The molecule has 22 heavy (non-hydrogen) atoms. The smallest absolute Gasteiger partial charge is 0.238 e. The Morgan fingerprint density at radius 3 is 2.73 bits per heavy atom. The number of anilines is 1. The Morgan fingerprint density at radius 1 is 1.18 bits per heavy atom. The van der Waals surface area contributed by atoms with E-state index in [1.807, 2.05) is 12.1 Å². The van der Waals surface area contributed by atoms with Crippen molar-refractivity contribution in [1.29, 1.82) is 0 Å². The second-order valence-corrected chi connectivity index (χ2v) is 6.22. The molecule has 1 aliphatic rings. The largest absolute Gasteiger partial charge is 0.497 e. The molecule has 3 rings (SSSR count). The Hall–Kier alpha value is -2.14. The first-order valence-electron chi connectivity index (χ1n) is 6.98. The minimum atomic E-state index is -0.107. The molecule has 0 aliphatic carbocycles. The van der Waals surface area contributed by atoms with Gasteiger partial charge in [-0.3, -0.25) is 4.79 Å². The lowest BCUT2D eigenvalue weighted by Crippen LogP contribution is -2.24. The highest BCUT2D eigenvalue weighted by Gasteiger charge is 2.28. The van der Waals surface area contributed by atoms with Crippen molar-refractivity contribution >= 4 is 23.4 Å². The van der Waals surface area contributed by atoms with E-state index in [0.717, 1.165) is 6.42 Å². The summed E-state index contributed by atoms with van der Waals surface area (Å²) in [6.45, 7) is 0. The third-order valence-corrected chi connectivity index (χ3v) is 4.92. The Labute approximate surface area is 133 Å². The van der Waals surface area contributed by atoms with Gasteiger partial charge in [0.05, 0.1) is 25.2 Å². The topological polar surface area (TPSA) is 47.6 Å². The molecule has 0 fully saturated rings. The Balaban J connectivity index is 1.73. The molecule has 0 radical (unpaired) electrons. The van der Waals surface area contributed by atoms with Crippen molar-refractivity contribution in [1.82, 2.24) is 0 Å². The van der Waals surface area contributed by atoms with Crippen molar-refractivity contribution in [2.24, 2.45) is 0 Å². The molecular weight excluding hydrogens is 298 g/mol. The van der Waals surface area contributed by atoms with Gasteiger partial charge in [-0.2, -0.15) is 0 Å². The number of nitrogens with one attached hydrogen (secondary N) is 1. The third kappa shape index (κ3) is 2.90. The predicted octanol–water partition coefficient (Wildman–Crippen LogP) is 3.36. The second kappa shape index (κ2) is 6.32. The van der Waals surface area contributed by atoms with E-state index >= 15 is 0 Å². The van der Waals surface area contributed by atoms with Gasteiger partial charge in [-0.1, -0.05) is 18.2 Å². The number of thioether (sulfide) groups is 1. The van der Waals surface area contributed by atoms with Crippen LogP contribution in [0.3, 0.4) is 0 Å². The molecule has 0 spiro atoms. The molecule has 1 heterocycles. The zero-order valence-corrected chi connectivity index (χ0v) is 13.3. The maximum atomic E-state index is 12.5. The van der Waals surface area contributed by atoms with Gasteiger partial charge < -0.3 is 14.8 Å². The van der Waals surface area contributed by atoms with E-state index in [-0.39, 0.29) is 11.2 Å². The molecule has 0 saturated heterocycles. The molecule has 114 valence electrons. The molecule has 1 atom stereocenters. The van der Waals surface area contributed by atoms with Crippen molar-refractivity contribution in [2.45, 2.75) is 16.6 Å². The fraction of sp³-hybridized carbons (Fsp3) is 0.235. The first-order chi connectivity index (χ1) is 10.7.